The molecule has 1 unspecified atom stereocenters. The zero-order valence-electron chi connectivity index (χ0n) is 9.40. The van der Waals surface area contributed by atoms with Crippen LogP contribution in [0.1, 0.15) is 16.8 Å². The highest BCUT2D eigenvalue weighted by Crippen LogP contribution is 2.21. The van der Waals surface area contributed by atoms with Gasteiger partial charge >= 0.3 is 0 Å². The van der Waals surface area contributed by atoms with Gasteiger partial charge in [-0.05, 0) is 24.6 Å². The van der Waals surface area contributed by atoms with E-state index >= 15 is 0 Å². The van der Waals surface area contributed by atoms with Gasteiger partial charge in [-0.1, -0.05) is 11.6 Å². The van der Waals surface area contributed by atoms with Crippen molar-refractivity contribution in [2.45, 2.75) is 6.42 Å². The van der Waals surface area contributed by atoms with Crippen LogP contribution >= 0.6 is 11.6 Å². The van der Waals surface area contributed by atoms with Crippen LogP contribution in [0.15, 0.2) is 18.2 Å². The van der Waals surface area contributed by atoms with Crippen LogP contribution in [0.25, 0.3) is 0 Å². The van der Waals surface area contributed by atoms with Gasteiger partial charge in [-0.2, -0.15) is 0 Å². The molecule has 0 bridgehead atoms. The normalized spacial score (nSPS) is 12.1. The fraction of sp³-hybridized carbons (Fsp3) is 0.364. The lowest BCUT2D eigenvalue weighted by atomic mass is 10.2. The van der Waals surface area contributed by atoms with Crippen molar-refractivity contribution in [1.29, 1.82) is 0 Å². The number of hydrogen-bond donors (Lipinski definition) is 2. The Kier molecular flexibility index (Phi) is 5.44. The molecule has 1 atom stereocenters. The average Bonchev–Trinajstić information content (AvgIpc) is 2.23. The molecular weight excluding hydrogens is 262 g/mol. The Balaban J connectivity index is 2.50. The zero-order chi connectivity index (χ0) is 12.8. The lowest BCUT2D eigenvalue weighted by Gasteiger charge is -2.06. The van der Waals surface area contributed by atoms with Gasteiger partial charge in [-0.3, -0.25) is 9.00 Å². The fourth-order valence-corrected chi connectivity index (χ4v) is 1.99. The molecule has 0 aliphatic carbocycles. The Morgan fingerprint density at radius 1 is 1.53 bits per heavy atom. The first-order valence-corrected chi connectivity index (χ1v) is 7.18. The van der Waals surface area contributed by atoms with Gasteiger partial charge in [0.25, 0.3) is 5.91 Å². The van der Waals surface area contributed by atoms with E-state index in [1.165, 1.54) is 18.2 Å². The third-order valence-corrected chi connectivity index (χ3v) is 3.20. The minimum Gasteiger partial charge on any atom is -0.507 e. The van der Waals surface area contributed by atoms with Gasteiger partial charge in [0.1, 0.15) is 5.75 Å². The second-order valence-electron chi connectivity index (χ2n) is 3.55. The Morgan fingerprint density at radius 2 is 2.24 bits per heavy atom. The van der Waals surface area contributed by atoms with Crippen molar-refractivity contribution in [3.05, 3.63) is 28.8 Å². The summed E-state index contributed by atoms with van der Waals surface area (Å²) in [6.45, 7) is 0.431. The molecule has 17 heavy (non-hydrogen) atoms. The first kappa shape index (κ1) is 14.0. The number of amides is 1. The smallest absolute Gasteiger partial charge is 0.255 e. The van der Waals surface area contributed by atoms with Crippen molar-refractivity contribution in [3.63, 3.8) is 0 Å². The van der Waals surface area contributed by atoms with E-state index < -0.39 is 10.8 Å². The molecule has 0 saturated heterocycles. The summed E-state index contributed by atoms with van der Waals surface area (Å²) in [7, 11) is -0.850. The van der Waals surface area contributed by atoms with E-state index in [1.54, 1.807) is 6.26 Å². The van der Waals surface area contributed by atoms with Crippen molar-refractivity contribution in [2.75, 3.05) is 18.6 Å². The molecule has 0 aliphatic heterocycles. The molecule has 1 aromatic carbocycles. The predicted octanol–water partition coefficient (Wildman–Crippen LogP) is 1.54. The largest absolute Gasteiger partial charge is 0.507 e. The maximum absolute atomic E-state index is 11.6. The highest BCUT2D eigenvalue weighted by atomic mass is 35.5. The third kappa shape index (κ3) is 4.75. The molecule has 0 aliphatic rings. The average molecular weight is 276 g/mol. The van der Waals surface area contributed by atoms with E-state index in [0.717, 1.165) is 0 Å². The molecule has 94 valence electrons. The molecule has 2 N–H and O–H groups in total. The van der Waals surface area contributed by atoms with Gasteiger partial charge in [0.15, 0.2) is 0 Å². The zero-order valence-corrected chi connectivity index (χ0v) is 11.0. The van der Waals surface area contributed by atoms with Crippen LogP contribution in [-0.4, -0.2) is 33.8 Å². The number of hydrogen-bond acceptors (Lipinski definition) is 3. The first-order chi connectivity index (χ1) is 8.00. The van der Waals surface area contributed by atoms with Crippen LogP contribution in [0.3, 0.4) is 0 Å². The predicted molar refractivity (Wildman–Crippen MR) is 69.0 cm³/mol. The summed E-state index contributed by atoms with van der Waals surface area (Å²) in [5.74, 6) is 0.0440. The van der Waals surface area contributed by atoms with Crippen molar-refractivity contribution >= 4 is 28.3 Å². The van der Waals surface area contributed by atoms with Gasteiger partial charge in [0.05, 0.1) is 5.56 Å². The highest BCUT2D eigenvalue weighted by Gasteiger charge is 2.10. The van der Waals surface area contributed by atoms with Gasteiger partial charge < -0.3 is 10.4 Å². The van der Waals surface area contributed by atoms with E-state index in [9.17, 15) is 14.1 Å². The SMILES string of the molecule is CS(=O)CCCNC(=O)c1ccc(Cl)cc1O. The number of carbonyl (C=O) groups excluding carboxylic acids is 1. The monoisotopic (exact) mass is 275 g/mol. The maximum Gasteiger partial charge on any atom is 0.255 e. The summed E-state index contributed by atoms with van der Waals surface area (Å²) in [5, 5.41) is 12.5. The lowest BCUT2D eigenvalue weighted by Crippen LogP contribution is -2.25. The molecule has 0 fully saturated rings. The van der Waals surface area contributed by atoms with E-state index in [2.05, 4.69) is 5.32 Å². The number of halogens is 1. The molecule has 1 aromatic rings. The van der Waals surface area contributed by atoms with Crippen LogP contribution in [0.2, 0.25) is 5.02 Å². The summed E-state index contributed by atoms with van der Waals surface area (Å²) >= 11 is 5.66. The lowest BCUT2D eigenvalue weighted by molar-refractivity contribution is 0.0951. The van der Waals surface area contributed by atoms with Crippen molar-refractivity contribution in [2.24, 2.45) is 0 Å². The highest BCUT2D eigenvalue weighted by molar-refractivity contribution is 7.84. The third-order valence-electron chi connectivity index (χ3n) is 2.10. The minimum absolute atomic E-state index is 0.144. The molecule has 0 aromatic heterocycles. The van der Waals surface area contributed by atoms with Crippen LogP contribution in [-0.2, 0) is 10.8 Å². The van der Waals surface area contributed by atoms with Gasteiger partial charge in [0.2, 0.25) is 0 Å². The van der Waals surface area contributed by atoms with Crippen LogP contribution in [0.4, 0.5) is 0 Å². The molecule has 0 radical (unpaired) electrons. The number of nitrogens with one attached hydrogen (secondary N) is 1. The summed E-state index contributed by atoms with van der Waals surface area (Å²) in [6.07, 6.45) is 2.26. The Labute approximate surface area is 107 Å². The Morgan fingerprint density at radius 3 is 2.82 bits per heavy atom. The number of benzene rings is 1. The molecule has 0 heterocycles. The first-order valence-electron chi connectivity index (χ1n) is 5.07. The second-order valence-corrected chi connectivity index (χ2v) is 5.54. The molecule has 1 amide bonds. The molecule has 4 nitrogen and oxygen atoms in total. The molecule has 0 spiro atoms. The fourth-order valence-electron chi connectivity index (χ4n) is 1.27. The number of phenolic OH excluding ortho intramolecular Hbond substituents is 1. The Bertz CT molecular complexity index is 437. The standard InChI is InChI=1S/C11H14ClNO3S/c1-17(16)6-2-5-13-11(15)9-4-3-8(12)7-10(9)14/h3-4,7,14H,2,5-6H2,1H3,(H,13,15). The summed E-state index contributed by atoms with van der Waals surface area (Å²) in [6, 6.07) is 4.32. The number of rotatable bonds is 5. The maximum atomic E-state index is 11.6. The van der Waals surface area contributed by atoms with Crippen molar-refractivity contribution in [1.82, 2.24) is 5.32 Å². The quantitative estimate of drug-likeness (QED) is 0.801. The number of aromatic hydroxyl groups is 1. The minimum atomic E-state index is -0.850. The topological polar surface area (TPSA) is 66.4 Å². The number of carbonyl (C=O) groups is 1. The van der Waals surface area contributed by atoms with Gasteiger partial charge in [-0.15, -0.1) is 0 Å². The summed E-state index contributed by atoms with van der Waals surface area (Å²) in [4.78, 5) is 11.6. The molecule has 0 saturated carbocycles. The van der Waals surface area contributed by atoms with Crippen LogP contribution < -0.4 is 5.32 Å². The summed E-state index contributed by atoms with van der Waals surface area (Å²) < 4.78 is 10.8. The van der Waals surface area contributed by atoms with Gasteiger partial charge in [-0.25, -0.2) is 0 Å². The van der Waals surface area contributed by atoms with Crippen LogP contribution in [0, 0.1) is 0 Å². The van der Waals surface area contributed by atoms with Crippen molar-refractivity contribution in [3.8, 4) is 5.75 Å². The Hall–Kier alpha value is -1.07. The molecule has 1 rings (SSSR count). The van der Waals surface area contributed by atoms with E-state index in [1.807, 2.05) is 0 Å². The molecular formula is C11H14ClNO3S. The van der Waals surface area contributed by atoms with Crippen molar-refractivity contribution < 1.29 is 14.1 Å². The second kappa shape index (κ2) is 6.61. The van der Waals surface area contributed by atoms with E-state index in [0.29, 0.717) is 23.7 Å². The van der Waals surface area contributed by atoms with E-state index in [4.69, 9.17) is 11.6 Å². The van der Waals surface area contributed by atoms with Crippen LogP contribution in [0.5, 0.6) is 5.75 Å². The van der Waals surface area contributed by atoms with E-state index in [-0.39, 0.29) is 17.2 Å². The molecule has 6 heteroatoms. The number of phenols is 1. The van der Waals surface area contributed by atoms with Gasteiger partial charge in [0, 0.05) is 34.4 Å². The summed E-state index contributed by atoms with van der Waals surface area (Å²) in [5.41, 5.74) is 0.187.